The third-order valence-corrected chi connectivity index (χ3v) is 4.69. The third kappa shape index (κ3) is 3.84. The predicted molar refractivity (Wildman–Crippen MR) is 110 cm³/mol. The first kappa shape index (κ1) is 19.5. The monoisotopic (exact) mass is 407 g/mol. The number of nitrogens with one attached hydrogen (secondary N) is 1. The minimum Gasteiger partial charge on any atom is -0.490 e. The number of carbonyl (C=O) groups excluding carboxylic acids is 1. The minimum atomic E-state index is -0.530. The zero-order chi connectivity index (χ0) is 21.1. The van der Waals surface area contributed by atoms with Crippen LogP contribution in [0.15, 0.2) is 53.6 Å². The van der Waals surface area contributed by atoms with Crippen molar-refractivity contribution in [2.45, 2.75) is 20.4 Å². The maximum absolute atomic E-state index is 13.1. The molecule has 3 heterocycles. The van der Waals surface area contributed by atoms with Crippen LogP contribution in [0.4, 0.5) is 5.82 Å². The van der Waals surface area contributed by atoms with Crippen molar-refractivity contribution in [2.75, 3.05) is 18.7 Å². The second kappa shape index (κ2) is 8.28. The fourth-order valence-electron chi connectivity index (χ4n) is 3.23. The molecule has 0 unspecified atom stereocenters. The number of amides is 1. The van der Waals surface area contributed by atoms with Gasteiger partial charge >= 0.3 is 0 Å². The molecule has 1 N–H and O–H groups in total. The van der Waals surface area contributed by atoms with Crippen molar-refractivity contribution >= 4 is 11.7 Å². The van der Waals surface area contributed by atoms with Gasteiger partial charge in [0.2, 0.25) is 6.79 Å². The van der Waals surface area contributed by atoms with Gasteiger partial charge < -0.3 is 24.1 Å². The SMILES string of the molecule is CCOc1cccnc1NC(=O)c1c(C)ccn(Cc2ccc3c(c2)OCO3)c1=O. The van der Waals surface area contributed by atoms with E-state index >= 15 is 0 Å². The fourth-order valence-corrected chi connectivity index (χ4v) is 3.23. The summed E-state index contributed by atoms with van der Waals surface area (Å²) in [6.07, 6.45) is 3.22. The summed E-state index contributed by atoms with van der Waals surface area (Å²) in [6.45, 7) is 4.48. The Balaban J connectivity index is 1.61. The van der Waals surface area contributed by atoms with Crippen LogP contribution in [0.25, 0.3) is 0 Å². The van der Waals surface area contributed by atoms with Crippen molar-refractivity contribution in [1.82, 2.24) is 9.55 Å². The molecule has 8 heteroatoms. The van der Waals surface area contributed by atoms with Crippen LogP contribution in [0, 0.1) is 6.92 Å². The Morgan fingerprint density at radius 1 is 1.23 bits per heavy atom. The molecular weight excluding hydrogens is 386 g/mol. The number of rotatable bonds is 6. The molecule has 4 rings (SSSR count). The highest BCUT2D eigenvalue weighted by molar-refractivity contribution is 6.05. The van der Waals surface area contributed by atoms with E-state index in [1.165, 1.54) is 4.57 Å². The summed E-state index contributed by atoms with van der Waals surface area (Å²) in [5, 5.41) is 2.69. The van der Waals surface area contributed by atoms with Gasteiger partial charge in [0.05, 0.1) is 13.2 Å². The molecule has 0 spiro atoms. The number of benzene rings is 1. The largest absolute Gasteiger partial charge is 0.490 e. The third-order valence-electron chi connectivity index (χ3n) is 4.69. The molecule has 30 heavy (non-hydrogen) atoms. The molecular formula is C22H21N3O5. The summed E-state index contributed by atoms with van der Waals surface area (Å²) in [5.74, 6) is 1.51. The lowest BCUT2D eigenvalue weighted by molar-refractivity contribution is 0.102. The van der Waals surface area contributed by atoms with E-state index in [9.17, 15) is 9.59 Å². The molecule has 8 nitrogen and oxygen atoms in total. The number of ether oxygens (including phenoxy) is 3. The van der Waals surface area contributed by atoms with E-state index in [0.29, 0.717) is 36.0 Å². The topological polar surface area (TPSA) is 91.7 Å². The summed E-state index contributed by atoms with van der Waals surface area (Å²) in [5.41, 5.74) is 1.11. The number of hydrogen-bond donors (Lipinski definition) is 1. The Kier molecular flexibility index (Phi) is 5.38. The molecule has 1 aliphatic rings. The van der Waals surface area contributed by atoms with Gasteiger partial charge in [-0.2, -0.15) is 0 Å². The molecule has 1 aliphatic heterocycles. The average molecular weight is 407 g/mol. The number of fused-ring (bicyclic) bond motifs is 1. The predicted octanol–water partition coefficient (Wildman–Crippen LogP) is 2.98. The number of nitrogens with zero attached hydrogens (tertiary/aromatic N) is 2. The summed E-state index contributed by atoms with van der Waals surface area (Å²) >= 11 is 0. The lowest BCUT2D eigenvalue weighted by Gasteiger charge is -2.13. The lowest BCUT2D eigenvalue weighted by Crippen LogP contribution is -2.30. The van der Waals surface area contributed by atoms with E-state index in [1.807, 2.05) is 19.1 Å². The normalized spacial score (nSPS) is 11.9. The molecule has 0 radical (unpaired) electrons. The Morgan fingerprint density at radius 3 is 2.90 bits per heavy atom. The summed E-state index contributed by atoms with van der Waals surface area (Å²) in [6, 6.07) is 10.7. The van der Waals surface area contributed by atoms with Gasteiger partial charge in [0.25, 0.3) is 11.5 Å². The van der Waals surface area contributed by atoms with Gasteiger partial charge in [0.15, 0.2) is 23.1 Å². The highest BCUT2D eigenvalue weighted by Crippen LogP contribution is 2.32. The zero-order valence-corrected chi connectivity index (χ0v) is 16.7. The number of aryl methyl sites for hydroxylation is 1. The number of aromatic nitrogens is 2. The summed E-state index contributed by atoms with van der Waals surface area (Å²) in [4.78, 5) is 30.1. The average Bonchev–Trinajstić information content (AvgIpc) is 3.20. The van der Waals surface area contributed by atoms with Crippen molar-refractivity contribution in [3.63, 3.8) is 0 Å². The Labute approximate surface area is 173 Å². The first-order chi connectivity index (χ1) is 14.6. The molecule has 0 aliphatic carbocycles. The van der Waals surface area contributed by atoms with Crippen LogP contribution in [0.2, 0.25) is 0 Å². The van der Waals surface area contributed by atoms with Gasteiger partial charge in [-0.3, -0.25) is 9.59 Å². The van der Waals surface area contributed by atoms with Gasteiger partial charge in [-0.1, -0.05) is 6.07 Å². The number of anilines is 1. The van der Waals surface area contributed by atoms with Crippen LogP contribution >= 0.6 is 0 Å². The van der Waals surface area contributed by atoms with Crippen LogP contribution in [0.5, 0.6) is 17.2 Å². The summed E-state index contributed by atoms with van der Waals surface area (Å²) < 4.78 is 17.7. The first-order valence-corrected chi connectivity index (χ1v) is 9.54. The Bertz CT molecular complexity index is 1160. The maximum Gasteiger partial charge on any atom is 0.263 e. The van der Waals surface area contributed by atoms with Crippen molar-refractivity contribution < 1.29 is 19.0 Å². The second-order valence-corrected chi connectivity index (χ2v) is 6.73. The van der Waals surface area contributed by atoms with Gasteiger partial charge in [-0.25, -0.2) is 4.98 Å². The quantitative estimate of drug-likeness (QED) is 0.676. The van der Waals surface area contributed by atoms with Gasteiger partial charge in [-0.15, -0.1) is 0 Å². The number of pyridine rings is 2. The van der Waals surface area contributed by atoms with Gasteiger partial charge in [0, 0.05) is 12.4 Å². The fraction of sp³-hybridized carbons (Fsp3) is 0.227. The molecule has 3 aromatic rings. The smallest absolute Gasteiger partial charge is 0.263 e. The minimum absolute atomic E-state index is 0.0614. The van der Waals surface area contributed by atoms with Crippen LogP contribution in [-0.4, -0.2) is 28.9 Å². The first-order valence-electron chi connectivity index (χ1n) is 9.54. The molecule has 0 bridgehead atoms. The van der Waals surface area contributed by atoms with Crippen molar-refractivity contribution in [1.29, 1.82) is 0 Å². The van der Waals surface area contributed by atoms with E-state index in [0.717, 1.165) is 5.56 Å². The maximum atomic E-state index is 13.1. The summed E-state index contributed by atoms with van der Waals surface area (Å²) in [7, 11) is 0. The van der Waals surface area contributed by atoms with E-state index < -0.39 is 5.91 Å². The van der Waals surface area contributed by atoms with Gasteiger partial charge in [-0.05, 0) is 55.3 Å². The number of carbonyl (C=O) groups is 1. The van der Waals surface area contributed by atoms with E-state index in [1.54, 1.807) is 43.6 Å². The van der Waals surface area contributed by atoms with Crippen LogP contribution in [0.3, 0.4) is 0 Å². The molecule has 2 aromatic heterocycles. The van der Waals surface area contributed by atoms with Crippen LogP contribution < -0.4 is 25.1 Å². The molecule has 154 valence electrons. The van der Waals surface area contributed by atoms with E-state index in [4.69, 9.17) is 14.2 Å². The molecule has 0 fully saturated rings. The highest BCUT2D eigenvalue weighted by atomic mass is 16.7. The Hall–Kier alpha value is -3.81. The van der Waals surface area contributed by atoms with Gasteiger partial charge in [0.1, 0.15) is 5.56 Å². The van der Waals surface area contributed by atoms with Crippen molar-refractivity contribution in [3.8, 4) is 17.2 Å². The number of hydrogen-bond acceptors (Lipinski definition) is 6. The molecule has 0 saturated carbocycles. The lowest BCUT2D eigenvalue weighted by atomic mass is 10.1. The molecule has 1 amide bonds. The van der Waals surface area contributed by atoms with Crippen LogP contribution in [-0.2, 0) is 6.54 Å². The van der Waals surface area contributed by atoms with Crippen molar-refractivity contribution in [3.05, 3.63) is 75.8 Å². The van der Waals surface area contributed by atoms with E-state index in [-0.39, 0.29) is 23.7 Å². The molecule has 0 saturated heterocycles. The second-order valence-electron chi connectivity index (χ2n) is 6.73. The van der Waals surface area contributed by atoms with Crippen LogP contribution in [0.1, 0.15) is 28.4 Å². The standard InChI is InChI=1S/C22H21N3O5/c1-3-28-17-5-4-9-23-20(17)24-21(26)19-14(2)8-10-25(22(19)27)12-15-6-7-16-18(11-15)30-13-29-16/h4-11H,3,12-13H2,1-2H3,(H,23,24,26). The van der Waals surface area contributed by atoms with Crippen molar-refractivity contribution in [2.24, 2.45) is 0 Å². The Morgan fingerprint density at radius 2 is 2.07 bits per heavy atom. The highest BCUT2D eigenvalue weighted by Gasteiger charge is 2.19. The van der Waals surface area contributed by atoms with E-state index in [2.05, 4.69) is 10.3 Å². The molecule has 1 aromatic carbocycles. The molecule has 0 atom stereocenters. The zero-order valence-electron chi connectivity index (χ0n) is 16.7.